The molecule has 2 rings (SSSR count). The summed E-state index contributed by atoms with van der Waals surface area (Å²) in [7, 11) is 0. The van der Waals surface area contributed by atoms with E-state index in [0.717, 1.165) is 15.5 Å². The van der Waals surface area contributed by atoms with E-state index in [1.165, 1.54) is 0 Å². The molecule has 0 fully saturated rings. The lowest BCUT2D eigenvalue weighted by Gasteiger charge is -1.97. The van der Waals surface area contributed by atoms with Gasteiger partial charge in [0.05, 0.1) is 0 Å². The normalized spacial score (nSPS) is 10.8. The van der Waals surface area contributed by atoms with E-state index < -0.39 is 0 Å². The number of aliphatic hydroxyl groups excluding tert-OH is 1. The summed E-state index contributed by atoms with van der Waals surface area (Å²) in [6, 6.07) is 3.89. The lowest BCUT2D eigenvalue weighted by atomic mass is 10.3. The molecule has 0 bridgehead atoms. The van der Waals surface area contributed by atoms with Gasteiger partial charge < -0.3 is 9.67 Å². The van der Waals surface area contributed by atoms with Gasteiger partial charge in [-0.25, -0.2) is 4.98 Å². The van der Waals surface area contributed by atoms with Crippen molar-refractivity contribution in [2.75, 3.05) is 0 Å². The zero-order valence-electron chi connectivity index (χ0n) is 6.24. The first-order chi connectivity index (χ1) is 5.81. The Bertz CT molecular complexity index is 410. The van der Waals surface area contributed by atoms with Crippen molar-refractivity contribution in [3.63, 3.8) is 0 Å². The van der Waals surface area contributed by atoms with Crippen molar-refractivity contribution in [3.8, 4) is 0 Å². The van der Waals surface area contributed by atoms with Crippen LogP contribution in [0.1, 0.15) is 0 Å². The van der Waals surface area contributed by atoms with E-state index in [2.05, 4.69) is 20.9 Å². The summed E-state index contributed by atoms with van der Waals surface area (Å²) in [6.07, 6.45) is 3.53. The lowest BCUT2D eigenvalue weighted by Crippen LogP contribution is -1.94. The van der Waals surface area contributed by atoms with E-state index in [-0.39, 0.29) is 6.73 Å². The van der Waals surface area contributed by atoms with Crippen LogP contribution in [0, 0.1) is 0 Å². The van der Waals surface area contributed by atoms with Crippen LogP contribution in [0.3, 0.4) is 0 Å². The van der Waals surface area contributed by atoms with Gasteiger partial charge in [0.2, 0.25) is 0 Å². The molecule has 0 radical (unpaired) electrons. The number of aliphatic hydroxyl groups is 1. The summed E-state index contributed by atoms with van der Waals surface area (Å²) in [5.41, 5.74) is 0.806. The molecule has 0 amide bonds. The topological polar surface area (TPSA) is 38.0 Å². The number of hydrogen-bond acceptors (Lipinski definition) is 2. The van der Waals surface area contributed by atoms with Crippen molar-refractivity contribution >= 4 is 27.0 Å². The number of aromatic nitrogens is 2. The smallest absolute Gasteiger partial charge is 0.141 e. The fourth-order valence-electron chi connectivity index (χ4n) is 1.17. The number of halogens is 1. The Morgan fingerprint density at radius 3 is 3.17 bits per heavy atom. The maximum Gasteiger partial charge on any atom is 0.141 e. The monoisotopic (exact) mass is 226 g/mol. The molecule has 4 heteroatoms. The summed E-state index contributed by atoms with van der Waals surface area (Å²) in [5.74, 6) is 0. The minimum atomic E-state index is -0.0296. The van der Waals surface area contributed by atoms with Crippen LogP contribution < -0.4 is 0 Å². The largest absolute Gasteiger partial charge is 0.376 e. The van der Waals surface area contributed by atoms with E-state index in [1.807, 2.05) is 18.3 Å². The van der Waals surface area contributed by atoms with Gasteiger partial charge in [-0.3, -0.25) is 0 Å². The third-order valence-electron chi connectivity index (χ3n) is 1.72. The van der Waals surface area contributed by atoms with Crippen molar-refractivity contribution < 1.29 is 5.11 Å². The van der Waals surface area contributed by atoms with E-state index in [9.17, 15) is 0 Å². The van der Waals surface area contributed by atoms with E-state index in [0.29, 0.717) is 0 Å². The molecule has 0 aliphatic heterocycles. The molecule has 12 heavy (non-hydrogen) atoms. The quantitative estimate of drug-likeness (QED) is 0.805. The molecule has 2 aromatic heterocycles. The average Bonchev–Trinajstić information content (AvgIpc) is 2.46. The first-order valence-electron chi connectivity index (χ1n) is 3.52. The summed E-state index contributed by atoms with van der Waals surface area (Å²) in [6.45, 7) is -0.0296. The van der Waals surface area contributed by atoms with Crippen LogP contribution in [0.2, 0.25) is 0 Å². The van der Waals surface area contributed by atoms with E-state index in [1.54, 1.807) is 10.8 Å². The van der Waals surface area contributed by atoms with Gasteiger partial charge in [-0.05, 0) is 28.1 Å². The predicted octanol–water partition coefficient (Wildman–Crippen LogP) is 1.75. The standard InChI is InChI=1S/C8H7BrN2O/c9-7-3-6-1-2-11(5-12)8(6)10-4-7/h1-4,12H,5H2. The minimum Gasteiger partial charge on any atom is -0.376 e. The highest BCUT2D eigenvalue weighted by molar-refractivity contribution is 9.10. The molecule has 0 spiro atoms. The molecular weight excluding hydrogens is 220 g/mol. The summed E-state index contributed by atoms with van der Waals surface area (Å²) in [5, 5.41) is 9.93. The van der Waals surface area contributed by atoms with Crippen molar-refractivity contribution in [1.29, 1.82) is 0 Å². The Balaban J connectivity index is 2.73. The number of pyridine rings is 1. The van der Waals surface area contributed by atoms with Crippen LogP contribution in [-0.4, -0.2) is 14.7 Å². The second-order valence-corrected chi connectivity index (χ2v) is 3.41. The number of fused-ring (bicyclic) bond motifs is 1. The van der Waals surface area contributed by atoms with Crippen molar-refractivity contribution in [2.24, 2.45) is 0 Å². The second kappa shape index (κ2) is 2.88. The van der Waals surface area contributed by atoms with Gasteiger partial charge in [-0.15, -0.1) is 0 Å². The summed E-state index contributed by atoms with van der Waals surface area (Å²) in [4.78, 5) is 4.17. The highest BCUT2D eigenvalue weighted by atomic mass is 79.9. The van der Waals surface area contributed by atoms with Crippen LogP contribution >= 0.6 is 15.9 Å². The third-order valence-corrected chi connectivity index (χ3v) is 2.15. The Morgan fingerprint density at radius 2 is 2.42 bits per heavy atom. The zero-order chi connectivity index (χ0) is 8.55. The van der Waals surface area contributed by atoms with Gasteiger partial charge in [0.15, 0.2) is 0 Å². The van der Waals surface area contributed by atoms with E-state index >= 15 is 0 Å². The lowest BCUT2D eigenvalue weighted by molar-refractivity contribution is 0.215. The Morgan fingerprint density at radius 1 is 1.58 bits per heavy atom. The van der Waals surface area contributed by atoms with Crippen molar-refractivity contribution in [3.05, 3.63) is 29.0 Å². The summed E-state index contributed by atoms with van der Waals surface area (Å²) >= 11 is 3.33. The third kappa shape index (κ3) is 1.13. The molecule has 0 aliphatic rings. The fraction of sp³-hybridized carbons (Fsp3) is 0.125. The zero-order valence-corrected chi connectivity index (χ0v) is 7.82. The molecule has 0 aliphatic carbocycles. The minimum absolute atomic E-state index is 0.0296. The summed E-state index contributed by atoms with van der Waals surface area (Å²) < 4.78 is 2.63. The van der Waals surface area contributed by atoms with Crippen LogP contribution in [0.25, 0.3) is 11.0 Å². The molecule has 0 atom stereocenters. The molecule has 1 N–H and O–H groups in total. The van der Waals surface area contributed by atoms with Gasteiger partial charge in [0, 0.05) is 22.3 Å². The molecule has 2 heterocycles. The van der Waals surface area contributed by atoms with Crippen LogP contribution in [0.15, 0.2) is 29.0 Å². The van der Waals surface area contributed by atoms with Crippen molar-refractivity contribution in [1.82, 2.24) is 9.55 Å². The van der Waals surface area contributed by atoms with Crippen LogP contribution in [-0.2, 0) is 6.73 Å². The highest BCUT2D eigenvalue weighted by Gasteiger charge is 2.00. The van der Waals surface area contributed by atoms with Crippen LogP contribution in [0.5, 0.6) is 0 Å². The number of rotatable bonds is 1. The molecule has 0 saturated heterocycles. The van der Waals surface area contributed by atoms with Gasteiger partial charge in [-0.2, -0.15) is 0 Å². The molecule has 62 valence electrons. The fourth-order valence-corrected chi connectivity index (χ4v) is 1.51. The second-order valence-electron chi connectivity index (χ2n) is 2.49. The molecular formula is C8H7BrN2O. The SMILES string of the molecule is OCn1ccc2cc(Br)cnc21. The maximum atomic E-state index is 8.91. The Kier molecular flexibility index (Phi) is 1.86. The Hall–Kier alpha value is -0.870. The number of hydrogen-bond donors (Lipinski definition) is 1. The van der Waals surface area contributed by atoms with Gasteiger partial charge in [-0.1, -0.05) is 0 Å². The molecule has 2 aromatic rings. The van der Waals surface area contributed by atoms with Gasteiger partial charge >= 0.3 is 0 Å². The molecule has 0 aromatic carbocycles. The van der Waals surface area contributed by atoms with E-state index in [4.69, 9.17) is 5.11 Å². The molecule has 0 saturated carbocycles. The predicted molar refractivity (Wildman–Crippen MR) is 49.7 cm³/mol. The molecule has 0 unspecified atom stereocenters. The van der Waals surface area contributed by atoms with Gasteiger partial charge in [0.25, 0.3) is 0 Å². The van der Waals surface area contributed by atoms with Crippen molar-refractivity contribution in [2.45, 2.75) is 6.73 Å². The maximum absolute atomic E-state index is 8.91. The van der Waals surface area contributed by atoms with Crippen LogP contribution in [0.4, 0.5) is 0 Å². The Labute approximate surface area is 77.8 Å². The average molecular weight is 227 g/mol. The first kappa shape index (κ1) is 7.76. The highest BCUT2D eigenvalue weighted by Crippen LogP contribution is 2.17. The number of nitrogens with zero attached hydrogens (tertiary/aromatic N) is 2. The van der Waals surface area contributed by atoms with Gasteiger partial charge in [0.1, 0.15) is 12.4 Å². The molecule has 3 nitrogen and oxygen atoms in total. The first-order valence-corrected chi connectivity index (χ1v) is 4.32.